The van der Waals surface area contributed by atoms with E-state index in [-0.39, 0.29) is 10.8 Å². The molecule has 0 radical (unpaired) electrons. The Morgan fingerprint density at radius 1 is 0.422 bits per heavy atom. The van der Waals surface area contributed by atoms with Crippen molar-refractivity contribution < 1.29 is 0 Å². The summed E-state index contributed by atoms with van der Waals surface area (Å²) in [5.74, 6) is 0. The van der Waals surface area contributed by atoms with E-state index in [4.69, 9.17) is 0 Å². The number of benzene rings is 6. The van der Waals surface area contributed by atoms with Gasteiger partial charge in [0.25, 0.3) is 0 Å². The second-order valence-electron chi connectivity index (χ2n) is 12.4. The van der Waals surface area contributed by atoms with Crippen LogP contribution < -0.4 is 0 Å². The van der Waals surface area contributed by atoms with Crippen molar-refractivity contribution in [2.45, 2.75) is 30.6 Å². The fourth-order valence-electron chi connectivity index (χ4n) is 8.83. The number of aliphatic imine (C=N–C) groups is 1. The average Bonchev–Trinajstić information content (AvgIpc) is 3.82. The van der Waals surface area contributed by atoms with Crippen LogP contribution in [0.2, 0.25) is 0 Å². The third-order valence-electron chi connectivity index (χ3n) is 10.5. The lowest BCUT2D eigenvalue weighted by molar-refractivity contribution is 0.633. The van der Waals surface area contributed by atoms with Gasteiger partial charge in [0.05, 0.1) is 10.8 Å². The highest BCUT2D eigenvalue weighted by molar-refractivity contribution is 5.93. The van der Waals surface area contributed by atoms with Crippen LogP contribution in [-0.2, 0) is 10.8 Å². The summed E-state index contributed by atoms with van der Waals surface area (Å²) in [6, 6.07) is 54.7. The Balaban J connectivity index is 0.000000358. The van der Waals surface area contributed by atoms with Crippen LogP contribution >= 0.6 is 0 Å². The van der Waals surface area contributed by atoms with E-state index in [1.54, 1.807) is 0 Å². The molecule has 0 N–H and O–H groups in total. The van der Waals surface area contributed by atoms with E-state index in [2.05, 4.69) is 164 Å². The Morgan fingerprint density at radius 3 is 0.956 bits per heavy atom. The summed E-state index contributed by atoms with van der Waals surface area (Å²) in [5, 5.41) is 0. The van der Waals surface area contributed by atoms with Gasteiger partial charge in [0.1, 0.15) is 0 Å². The van der Waals surface area contributed by atoms with Crippen molar-refractivity contribution >= 4 is 5.71 Å². The molecule has 0 amide bonds. The summed E-state index contributed by atoms with van der Waals surface area (Å²) < 4.78 is 0. The third kappa shape index (κ3) is 3.31. The molecule has 0 saturated carbocycles. The van der Waals surface area contributed by atoms with Crippen molar-refractivity contribution in [1.29, 1.82) is 0 Å². The standard InChI is InChI=1S/C38H24.C6H9N/c1-5-17-29-25(13-1)26-14-2-6-18-30(26)37(29)33-21-9-11-23-35(33)38(36-24-12-10-22-34(36)37)31-19-7-3-15-27(31)28-16-4-8-20-32(28)38;1-2-6-4-3-5-7-6/h1-24H;3,5H,2,4H2,1H3. The molecular weight excluding hydrogens is 542 g/mol. The molecule has 214 valence electrons. The maximum Gasteiger partial charge on any atom is 0.0720 e. The minimum absolute atomic E-state index is 0.363. The van der Waals surface area contributed by atoms with Crippen LogP contribution in [0.5, 0.6) is 0 Å². The van der Waals surface area contributed by atoms with E-state index in [0.29, 0.717) is 0 Å². The van der Waals surface area contributed by atoms with Gasteiger partial charge in [0.15, 0.2) is 0 Å². The largest absolute Gasteiger partial charge is 0.266 e. The molecule has 1 heteroatoms. The maximum absolute atomic E-state index is 4.09. The molecule has 0 saturated heterocycles. The molecule has 0 fully saturated rings. The Kier molecular flexibility index (Phi) is 5.74. The van der Waals surface area contributed by atoms with Crippen LogP contribution in [0.3, 0.4) is 0 Å². The zero-order valence-electron chi connectivity index (χ0n) is 25.4. The number of hydrogen-bond donors (Lipinski definition) is 0. The summed E-state index contributed by atoms with van der Waals surface area (Å²) in [5.41, 5.74) is 17.1. The first-order chi connectivity index (χ1) is 22.3. The van der Waals surface area contributed by atoms with E-state index >= 15 is 0 Å². The van der Waals surface area contributed by atoms with Gasteiger partial charge >= 0.3 is 0 Å². The monoisotopic (exact) mass is 575 g/mol. The van der Waals surface area contributed by atoms with Crippen LogP contribution in [0.4, 0.5) is 0 Å². The number of hydrogen-bond acceptors (Lipinski definition) is 1. The van der Waals surface area contributed by atoms with Crippen molar-refractivity contribution in [2.24, 2.45) is 4.99 Å². The van der Waals surface area contributed by atoms with Crippen molar-refractivity contribution in [1.82, 2.24) is 0 Å². The SMILES string of the molecule is CCC1=NC=CC1.c1ccc2c(c1)-c1ccccc1C21c2ccccc2C2(c3ccccc3-c3ccccc32)c2ccccc21. The minimum Gasteiger partial charge on any atom is -0.266 e. The first-order valence-corrected chi connectivity index (χ1v) is 16.1. The molecule has 0 bridgehead atoms. The zero-order valence-corrected chi connectivity index (χ0v) is 25.4. The van der Waals surface area contributed by atoms with Crippen molar-refractivity contribution in [3.8, 4) is 22.3 Å². The van der Waals surface area contributed by atoms with Crippen molar-refractivity contribution in [3.63, 3.8) is 0 Å². The quantitative estimate of drug-likeness (QED) is 0.185. The summed E-state index contributed by atoms with van der Waals surface area (Å²) in [7, 11) is 0. The molecule has 0 unspecified atom stereocenters. The fourth-order valence-corrected chi connectivity index (χ4v) is 8.83. The molecular formula is C44H33N. The van der Waals surface area contributed by atoms with Crippen LogP contribution in [-0.4, -0.2) is 5.71 Å². The molecule has 0 aromatic heterocycles. The zero-order chi connectivity index (χ0) is 30.0. The maximum atomic E-state index is 4.09. The predicted molar refractivity (Wildman–Crippen MR) is 186 cm³/mol. The van der Waals surface area contributed by atoms with Gasteiger partial charge < -0.3 is 0 Å². The molecule has 4 aliphatic rings. The highest BCUT2D eigenvalue weighted by atomic mass is 14.7. The van der Waals surface area contributed by atoms with Crippen LogP contribution in [0.15, 0.2) is 163 Å². The van der Waals surface area contributed by atoms with E-state index in [9.17, 15) is 0 Å². The van der Waals surface area contributed by atoms with Gasteiger partial charge in [-0.3, -0.25) is 4.99 Å². The normalized spacial score (nSPS) is 16.1. The Morgan fingerprint density at radius 2 is 0.711 bits per heavy atom. The molecule has 6 aromatic carbocycles. The summed E-state index contributed by atoms with van der Waals surface area (Å²) in [6.45, 7) is 2.13. The Hall–Kier alpha value is -5.27. The molecule has 6 aromatic rings. The lowest BCUT2D eigenvalue weighted by Crippen LogP contribution is -2.43. The van der Waals surface area contributed by atoms with Gasteiger partial charge in [0, 0.05) is 18.3 Å². The van der Waals surface area contributed by atoms with Gasteiger partial charge in [-0.1, -0.05) is 159 Å². The Labute approximate surface area is 265 Å². The van der Waals surface area contributed by atoms with Crippen LogP contribution in [0, 0.1) is 0 Å². The van der Waals surface area contributed by atoms with Crippen molar-refractivity contribution in [3.05, 3.63) is 202 Å². The van der Waals surface area contributed by atoms with Gasteiger partial charge in [0.2, 0.25) is 0 Å². The van der Waals surface area contributed by atoms with E-state index in [1.165, 1.54) is 72.5 Å². The van der Waals surface area contributed by atoms with Crippen LogP contribution in [0.25, 0.3) is 22.3 Å². The molecule has 1 heterocycles. The highest BCUT2D eigenvalue weighted by Gasteiger charge is 2.58. The first-order valence-electron chi connectivity index (χ1n) is 16.1. The second kappa shape index (κ2) is 9.87. The molecule has 10 rings (SSSR count). The average molecular weight is 576 g/mol. The number of fused-ring (bicyclic) bond motifs is 16. The smallest absolute Gasteiger partial charge is 0.0720 e. The molecule has 45 heavy (non-hydrogen) atoms. The first kappa shape index (κ1) is 26.2. The second-order valence-corrected chi connectivity index (χ2v) is 12.4. The summed E-state index contributed by atoms with van der Waals surface area (Å²) in [6.07, 6.45) is 6.14. The third-order valence-corrected chi connectivity index (χ3v) is 10.5. The molecule has 1 aliphatic heterocycles. The minimum atomic E-state index is -0.363. The molecule has 3 aliphatic carbocycles. The van der Waals surface area contributed by atoms with E-state index < -0.39 is 0 Å². The predicted octanol–water partition coefficient (Wildman–Crippen LogP) is 10.5. The number of allylic oxidation sites excluding steroid dienone is 1. The van der Waals surface area contributed by atoms with Gasteiger partial charge in [-0.25, -0.2) is 0 Å². The molecule has 2 spiro atoms. The highest BCUT2D eigenvalue weighted by Crippen LogP contribution is 2.67. The van der Waals surface area contributed by atoms with E-state index in [0.717, 1.165) is 12.8 Å². The lowest BCUT2D eigenvalue weighted by Gasteiger charge is -2.48. The summed E-state index contributed by atoms with van der Waals surface area (Å²) in [4.78, 5) is 4.09. The van der Waals surface area contributed by atoms with Crippen molar-refractivity contribution in [2.75, 3.05) is 0 Å². The van der Waals surface area contributed by atoms with Crippen LogP contribution in [0.1, 0.15) is 64.3 Å². The Bertz CT molecular complexity index is 1910. The number of rotatable bonds is 1. The van der Waals surface area contributed by atoms with Gasteiger partial charge in [-0.15, -0.1) is 0 Å². The topological polar surface area (TPSA) is 12.4 Å². The molecule has 0 atom stereocenters. The van der Waals surface area contributed by atoms with E-state index in [1.807, 2.05) is 6.20 Å². The fraction of sp³-hybridized carbons (Fsp3) is 0.114. The number of nitrogens with zero attached hydrogens (tertiary/aromatic N) is 1. The lowest BCUT2D eigenvalue weighted by atomic mass is 9.52. The van der Waals surface area contributed by atoms with Gasteiger partial charge in [-0.2, -0.15) is 0 Å². The summed E-state index contributed by atoms with van der Waals surface area (Å²) >= 11 is 0. The molecule has 1 nitrogen and oxygen atoms in total. The van der Waals surface area contributed by atoms with Gasteiger partial charge in [-0.05, 0) is 73.2 Å².